The molecule has 1 unspecified atom stereocenters. The molecule has 0 aliphatic carbocycles. The van der Waals surface area contributed by atoms with E-state index >= 15 is 0 Å². The number of likely N-dealkylation sites (N-methyl/N-ethyl adjacent to an activating group) is 1. The van der Waals surface area contributed by atoms with Crippen LogP contribution in [0.25, 0.3) is 0 Å². The van der Waals surface area contributed by atoms with Crippen molar-refractivity contribution in [3.8, 4) is 0 Å². The Kier molecular flexibility index (Phi) is 5.32. The first kappa shape index (κ1) is 15.0. The second-order valence-electron chi connectivity index (χ2n) is 4.51. The third kappa shape index (κ3) is 4.97. The fraction of sp³-hybridized carbons (Fsp3) is 0.385. The van der Waals surface area contributed by atoms with Crippen LogP contribution in [0.1, 0.15) is 18.5 Å². The zero-order chi connectivity index (χ0) is 14.4. The normalized spacial score (nSPS) is 11.6. The number of nitrogens with two attached hydrogens (primary N) is 1. The molecule has 0 aliphatic rings. The lowest BCUT2D eigenvalue weighted by Crippen LogP contribution is -2.38. The molecule has 6 heteroatoms. The first-order valence-electron chi connectivity index (χ1n) is 6.00. The van der Waals surface area contributed by atoms with Gasteiger partial charge in [0.05, 0.1) is 6.54 Å². The van der Waals surface area contributed by atoms with Gasteiger partial charge in [-0.05, 0) is 24.6 Å². The zero-order valence-corrected chi connectivity index (χ0v) is 11.4. The van der Waals surface area contributed by atoms with Crippen LogP contribution in [0, 0.1) is 0 Å². The molecule has 104 valence electrons. The van der Waals surface area contributed by atoms with Gasteiger partial charge in [-0.2, -0.15) is 0 Å². The third-order valence-corrected chi connectivity index (χ3v) is 2.57. The van der Waals surface area contributed by atoms with Crippen molar-refractivity contribution in [2.24, 2.45) is 5.73 Å². The highest BCUT2D eigenvalue weighted by atomic mass is 16.2. The van der Waals surface area contributed by atoms with E-state index in [-0.39, 0.29) is 18.5 Å². The molecule has 0 fully saturated rings. The number of carbonyl (C=O) groups excluding carboxylic acids is 2. The number of nitrogens with one attached hydrogen (secondary N) is 2. The fourth-order valence-electron chi connectivity index (χ4n) is 1.39. The maximum atomic E-state index is 11.6. The highest BCUT2D eigenvalue weighted by Gasteiger charge is 2.07. The molecule has 1 aromatic rings. The van der Waals surface area contributed by atoms with Gasteiger partial charge in [0.25, 0.3) is 0 Å². The molecule has 0 bridgehead atoms. The van der Waals surface area contributed by atoms with Crippen molar-refractivity contribution in [2.75, 3.05) is 26.0 Å². The number of urea groups is 1. The number of hydrogen-bond donors (Lipinski definition) is 3. The Morgan fingerprint density at radius 2 is 2.05 bits per heavy atom. The Hall–Kier alpha value is -2.08. The van der Waals surface area contributed by atoms with Crippen molar-refractivity contribution in [1.29, 1.82) is 0 Å². The maximum absolute atomic E-state index is 11.6. The van der Waals surface area contributed by atoms with Gasteiger partial charge in [-0.25, -0.2) is 4.79 Å². The summed E-state index contributed by atoms with van der Waals surface area (Å²) in [6.45, 7) is 1.83. The van der Waals surface area contributed by atoms with Crippen LogP contribution in [-0.4, -0.2) is 37.5 Å². The standard InChI is InChI=1S/C13H20N4O2/c1-9(14)10-5-4-6-11(7-10)16-13(19)15-8-12(18)17(2)3/h4-7,9H,8,14H2,1-3H3,(H2,15,16,19). The van der Waals surface area contributed by atoms with E-state index in [2.05, 4.69) is 10.6 Å². The second-order valence-corrected chi connectivity index (χ2v) is 4.51. The molecule has 3 amide bonds. The van der Waals surface area contributed by atoms with Crippen LogP contribution in [0.3, 0.4) is 0 Å². The predicted molar refractivity (Wildman–Crippen MR) is 74.8 cm³/mol. The fourth-order valence-corrected chi connectivity index (χ4v) is 1.39. The van der Waals surface area contributed by atoms with E-state index in [9.17, 15) is 9.59 Å². The van der Waals surface area contributed by atoms with Crippen molar-refractivity contribution < 1.29 is 9.59 Å². The number of hydrogen-bond acceptors (Lipinski definition) is 3. The van der Waals surface area contributed by atoms with Crippen LogP contribution in [0.4, 0.5) is 10.5 Å². The SMILES string of the molecule is CC(N)c1cccc(NC(=O)NCC(=O)N(C)C)c1. The van der Waals surface area contributed by atoms with Gasteiger partial charge >= 0.3 is 6.03 Å². The summed E-state index contributed by atoms with van der Waals surface area (Å²) in [7, 11) is 3.27. The van der Waals surface area contributed by atoms with Gasteiger partial charge in [0.15, 0.2) is 0 Å². The summed E-state index contributed by atoms with van der Waals surface area (Å²) in [6, 6.07) is 6.76. The molecule has 0 aliphatic heterocycles. The van der Waals surface area contributed by atoms with E-state index < -0.39 is 6.03 Å². The monoisotopic (exact) mass is 264 g/mol. The molecule has 0 saturated carbocycles. The van der Waals surface area contributed by atoms with E-state index in [1.54, 1.807) is 26.2 Å². The highest BCUT2D eigenvalue weighted by Crippen LogP contribution is 2.15. The highest BCUT2D eigenvalue weighted by molar-refractivity contribution is 5.92. The molecule has 6 nitrogen and oxygen atoms in total. The lowest BCUT2D eigenvalue weighted by Gasteiger charge is -2.12. The number of amides is 3. The van der Waals surface area contributed by atoms with Crippen LogP contribution in [-0.2, 0) is 4.79 Å². The van der Waals surface area contributed by atoms with E-state index in [1.165, 1.54) is 4.90 Å². The molecule has 1 aromatic carbocycles. The number of nitrogens with zero attached hydrogens (tertiary/aromatic N) is 1. The van der Waals surface area contributed by atoms with Crippen LogP contribution >= 0.6 is 0 Å². The van der Waals surface area contributed by atoms with Crippen molar-refractivity contribution in [1.82, 2.24) is 10.2 Å². The summed E-state index contributed by atoms with van der Waals surface area (Å²) >= 11 is 0. The van der Waals surface area contributed by atoms with Gasteiger partial charge in [0.2, 0.25) is 5.91 Å². The molecule has 1 atom stereocenters. The Bertz CT molecular complexity index is 458. The molecule has 0 saturated heterocycles. The smallest absolute Gasteiger partial charge is 0.319 e. The van der Waals surface area contributed by atoms with Gasteiger partial charge in [-0.15, -0.1) is 0 Å². The quantitative estimate of drug-likeness (QED) is 0.755. The first-order valence-corrected chi connectivity index (χ1v) is 6.00. The van der Waals surface area contributed by atoms with Gasteiger partial charge in [-0.3, -0.25) is 4.79 Å². The Morgan fingerprint density at radius 3 is 2.63 bits per heavy atom. The summed E-state index contributed by atoms with van der Waals surface area (Å²) < 4.78 is 0. The summed E-state index contributed by atoms with van der Waals surface area (Å²) in [5.41, 5.74) is 7.34. The van der Waals surface area contributed by atoms with Crippen LogP contribution in [0.2, 0.25) is 0 Å². The summed E-state index contributed by atoms with van der Waals surface area (Å²) in [5.74, 6) is -0.167. The van der Waals surface area contributed by atoms with Gasteiger partial charge in [-0.1, -0.05) is 12.1 Å². The van der Waals surface area contributed by atoms with Crippen LogP contribution in [0.15, 0.2) is 24.3 Å². The first-order chi connectivity index (χ1) is 8.90. The molecule has 0 radical (unpaired) electrons. The second kappa shape index (κ2) is 6.75. The van der Waals surface area contributed by atoms with Gasteiger partial charge < -0.3 is 21.3 Å². The molecule has 1 rings (SSSR count). The molecule has 0 heterocycles. The number of rotatable bonds is 4. The minimum Gasteiger partial charge on any atom is -0.347 e. The van der Waals surface area contributed by atoms with Crippen molar-refractivity contribution in [3.63, 3.8) is 0 Å². The van der Waals surface area contributed by atoms with Gasteiger partial charge in [0, 0.05) is 25.8 Å². The van der Waals surface area contributed by atoms with E-state index in [0.717, 1.165) is 5.56 Å². The Labute approximate surface area is 113 Å². The van der Waals surface area contributed by atoms with E-state index in [4.69, 9.17) is 5.73 Å². The van der Waals surface area contributed by atoms with Crippen LogP contribution in [0.5, 0.6) is 0 Å². The van der Waals surface area contributed by atoms with Crippen molar-refractivity contribution in [2.45, 2.75) is 13.0 Å². The minimum atomic E-state index is -0.419. The van der Waals surface area contributed by atoms with Crippen molar-refractivity contribution in [3.05, 3.63) is 29.8 Å². The lowest BCUT2D eigenvalue weighted by molar-refractivity contribution is -0.127. The summed E-state index contributed by atoms with van der Waals surface area (Å²) in [6.07, 6.45) is 0. The average molecular weight is 264 g/mol. The molecule has 0 aromatic heterocycles. The minimum absolute atomic E-state index is 0.0359. The number of carbonyl (C=O) groups is 2. The van der Waals surface area contributed by atoms with Gasteiger partial charge in [0.1, 0.15) is 0 Å². The molecule has 0 spiro atoms. The zero-order valence-electron chi connectivity index (χ0n) is 11.4. The average Bonchev–Trinajstić information content (AvgIpc) is 2.36. The van der Waals surface area contributed by atoms with Crippen LogP contribution < -0.4 is 16.4 Å². The topological polar surface area (TPSA) is 87.5 Å². The number of anilines is 1. The molecule has 19 heavy (non-hydrogen) atoms. The van der Waals surface area contributed by atoms with E-state index in [1.807, 2.05) is 19.1 Å². The predicted octanol–water partition coefficient (Wildman–Crippen LogP) is 0.916. The third-order valence-electron chi connectivity index (χ3n) is 2.57. The molecule has 4 N–H and O–H groups in total. The molecular formula is C13H20N4O2. The summed E-state index contributed by atoms with van der Waals surface area (Å²) in [4.78, 5) is 24.3. The molecular weight excluding hydrogens is 244 g/mol. The largest absolute Gasteiger partial charge is 0.347 e. The summed E-state index contributed by atoms with van der Waals surface area (Å²) in [5, 5.41) is 5.14. The Morgan fingerprint density at radius 1 is 1.37 bits per heavy atom. The maximum Gasteiger partial charge on any atom is 0.319 e. The lowest BCUT2D eigenvalue weighted by atomic mass is 10.1. The van der Waals surface area contributed by atoms with Crippen molar-refractivity contribution >= 4 is 17.6 Å². The number of benzene rings is 1. The van der Waals surface area contributed by atoms with E-state index in [0.29, 0.717) is 5.69 Å². The Balaban J connectivity index is 2.53.